The van der Waals surface area contributed by atoms with Crippen LogP contribution < -0.4 is 10.6 Å². The van der Waals surface area contributed by atoms with Crippen LogP contribution >= 0.6 is 11.6 Å². The van der Waals surface area contributed by atoms with Crippen molar-refractivity contribution in [3.63, 3.8) is 0 Å². The van der Waals surface area contributed by atoms with Gasteiger partial charge in [-0.2, -0.15) is 0 Å². The van der Waals surface area contributed by atoms with E-state index in [2.05, 4.69) is 20.6 Å². The lowest BCUT2D eigenvalue weighted by Crippen LogP contribution is -2.32. The highest BCUT2D eigenvalue weighted by Gasteiger charge is 2.30. The maximum absolute atomic E-state index is 14.0. The fraction of sp³-hybridized carbons (Fsp3) is 0.385. The Morgan fingerprint density at radius 2 is 2.40 bits per heavy atom. The van der Waals surface area contributed by atoms with Crippen molar-refractivity contribution in [3.05, 3.63) is 23.2 Å². The summed E-state index contributed by atoms with van der Waals surface area (Å²) in [5.74, 6) is -0.696. The number of aromatic amines is 1. The van der Waals surface area contributed by atoms with Crippen molar-refractivity contribution in [1.29, 1.82) is 0 Å². The van der Waals surface area contributed by atoms with Gasteiger partial charge >= 0.3 is 0 Å². The molecule has 1 amide bonds. The van der Waals surface area contributed by atoms with Gasteiger partial charge in [-0.1, -0.05) is 11.6 Å². The van der Waals surface area contributed by atoms with Crippen LogP contribution in [-0.2, 0) is 4.79 Å². The molecule has 7 heteroatoms. The summed E-state index contributed by atoms with van der Waals surface area (Å²) in [6.07, 6.45) is -0.855. The van der Waals surface area contributed by atoms with Crippen LogP contribution in [0.4, 0.5) is 10.3 Å². The average Bonchev–Trinajstić information content (AvgIpc) is 3.05. The molecule has 0 bridgehead atoms. The summed E-state index contributed by atoms with van der Waals surface area (Å²) >= 11 is 5.87. The van der Waals surface area contributed by atoms with E-state index in [4.69, 9.17) is 11.6 Å². The molecule has 1 aliphatic rings. The highest BCUT2D eigenvalue weighted by molar-refractivity contribution is 6.31. The Kier molecular flexibility index (Phi) is 3.58. The number of alkyl halides is 1. The molecule has 0 radical (unpaired) electrons. The zero-order valence-corrected chi connectivity index (χ0v) is 11.4. The molecule has 1 aliphatic heterocycles. The van der Waals surface area contributed by atoms with E-state index in [0.717, 1.165) is 6.54 Å². The number of anilines is 1. The molecule has 2 aromatic rings. The standard InChI is InChI=1S/C13H14ClFN4O/c14-8-1-2-9-10(5-8)18-13(17-9)19-12(20)11(15)7-3-4-16-6-7/h1-2,5,7,11,16H,3-4,6H2,(H2,17,18,19,20). The van der Waals surface area contributed by atoms with Crippen LogP contribution in [0, 0.1) is 5.92 Å². The summed E-state index contributed by atoms with van der Waals surface area (Å²) < 4.78 is 14.0. The second-order valence-electron chi connectivity index (χ2n) is 4.89. The summed E-state index contributed by atoms with van der Waals surface area (Å²) in [5, 5.41) is 6.09. The number of fused-ring (bicyclic) bond motifs is 1. The minimum Gasteiger partial charge on any atom is -0.324 e. The van der Waals surface area contributed by atoms with E-state index >= 15 is 0 Å². The third kappa shape index (κ3) is 2.62. The Hall–Kier alpha value is -1.66. The van der Waals surface area contributed by atoms with Crippen molar-refractivity contribution in [2.24, 2.45) is 5.92 Å². The minimum absolute atomic E-state index is 0.237. The van der Waals surface area contributed by atoms with Crippen LogP contribution in [0.15, 0.2) is 18.2 Å². The number of H-pyrrole nitrogens is 1. The molecule has 1 saturated heterocycles. The summed E-state index contributed by atoms with van der Waals surface area (Å²) in [6, 6.07) is 5.14. The SMILES string of the molecule is O=C(Nc1nc2ccc(Cl)cc2[nH]1)C(F)C1CCNC1. The Bertz CT molecular complexity index is 638. The summed E-state index contributed by atoms with van der Waals surface area (Å²) in [5.41, 5.74) is 1.37. The molecule has 3 rings (SSSR count). The number of rotatable bonds is 3. The van der Waals surface area contributed by atoms with Crippen LogP contribution in [0.3, 0.4) is 0 Å². The van der Waals surface area contributed by atoms with Gasteiger partial charge in [-0.15, -0.1) is 0 Å². The molecule has 3 N–H and O–H groups in total. The first-order valence-corrected chi connectivity index (χ1v) is 6.82. The number of carbonyl (C=O) groups is 1. The summed E-state index contributed by atoms with van der Waals surface area (Å²) in [7, 11) is 0. The summed E-state index contributed by atoms with van der Waals surface area (Å²) in [6.45, 7) is 1.28. The molecule has 0 spiro atoms. The topological polar surface area (TPSA) is 69.8 Å². The molecule has 0 aliphatic carbocycles. The van der Waals surface area contributed by atoms with Gasteiger partial charge in [0.1, 0.15) is 0 Å². The van der Waals surface area contributed by atoms with Crippen molar-refractivity contribution in [2.75, 3.05) is 18.4 Å². The fourth-order valence-corrected chi connectivity index (χ4v) is 2.54. The molecular formula is C13H14ClFN4O. The number of amides is 1. The Labute approximate surface area is 119 Å². The van der Waals surface area contributed by atoms with Gasteiger partial charge in [0.05, 0.1) is 11.0 Å². The lowest BCUT2D eigenvalue weighted by molar-refractivity contribution is -0.122. The van der Waals surface area contributed by atoms with Gasteiger partial charge in [0.25, 0.3) is 5.91 Å². The van der Waals surface area contributed by atoms with Gasteiger partial charge in [-0.3, -0.25) is 10.1 Å². The van der Waals surface area contributed by atoms with Crippen molar-refractivity contribution in [1.82, 2.24) is 15.3 Å². The predicted octanol–water partition coefficient (Wildman–Crippen LogP) is 2.10. The highest BCUT2D eigenvalue weighted by atomic mass is 35.5. The van der Waals surface area contributed by atoms with Gasteiger partial charge in [-0.25, -0.2) is 9.37 Å². The van der Waals surface area contributed by atoms with E-state index in [1.807, 2.05) is 0 Å². The van der Waals surface area contributed by atoms with E-state index in [0.29, 0.717) is 29.0 Å². The number of benzene rings is 1. The van der Waals surface area contributed by atoms with Crippen molar-refractivity contribution in [3.8, 4) is 0 Å². The molecule has 106 valence electrons. The van der Waals surface area contributed by atoms with Crippen LogP contribution in [0.1, 0.15) is 6.42 Å². The number of carbonyl (C=O) groups excluding carboxylic acids is 1. The van der Waals surface area contributed by atoms with Gasteiger partial charge in [-0.05, 0) is 31.2 Å². The highest BCUT2D eigenvalue weighted by Crippen LogP contribution is 2.20. The molecule has 1 aromatic carbocycles. The normalized spacial score (nSPS) is 20.2. The second kappa shape index (κ2) is 5.38. The van der Waals surface area contributed by atoms with Crippen LogP contribution in [-0.4, -0.2) is 35.1 Å². The number of imidazole rings is 1. The van der Waals surface area contributed by atoms with E-state index in [9.17, 15) is 9.18 Å². The van der Waals surface area contributed by atoms with Crippen LogP contribution in [0.5, 0.6) is 0 Å². The third-order valence-electron chi connectivity index (χ3n) is 3.45. The first-order valence-electron chi connectivity index (χ1n) is 6.44. The number of hydrogen-bond donors (Lipinski definition) is 3. The zero-order chi connectivity index (χ0) is 14.1. The molecular weight excluding hydrogens is 283 g/mol. The lowest BCUT2D eigenvalue weighted by atomic mass is 10.0. The molecule has 0 saturated carbocycles. The fourth-order valence-electron chi connectivity index (χ4n) is 2.37. The lowest BCUT2D eigenvalue weighted by Gasteiger charge is -2.13. The maximum atomic E-state index is 14.0. The van der Waals surface area contributed by atoms with Crippen molar-refractivity contribution in [2.45, 2.75) is 12.6 Å². The number of halogens is 2. The second-order valence-corrected chi connectivity index (χ2v) is 5.33. The molecule has 1 aromatic heterocycles. The average molecular weight is 297 g/mol. The molecule has 1 fully saturated rings. The number of nitrogens with one attached hydrogen (secondary N) is 3. The maximum Gasteiger partial charge on any atom is 0.261 e. The number of hydrogen-bond acceptors (Lipinski definition) is 3. The quantitative estimate of drug-likeness (QED) is 0.812. The predicted molar refractivity (Wildman–Crippen MR) is 75.6 cm³/mol. The van der Waals surface area contributed by atoms with E-state index < -0.39 is 12.1 Å². The van der Waals surface area contributed by atoms with E-state index in [1.54, 1.807) is 18.2 Å². The Balaban J connectivity index is 1.73. The van der Waals surface area contributed by atoms with Crippen molar-refractivity contribution < 1.29 is 9.18 Å². The Morgan fingerprint density at radius 3 is 3.15 bits per heavy atom. The van der Waals surface area contributed by atoms with Gasteiger partial charge in [0, 0.05) is 17.5 Å². The molecule has 2 unspecified atom stereocenters. The van der Waals surface area contributed by atoms with Crippen LogP contribution in [0.25, 0.3) is 11.0 Å². The third-order valence-corrected chi connectivity index (χ3v) is 3.68. The summed E-state index contributed by atoms with van der Waals surface area (Å²) in [4.78, 5) is 18.9. The molecule has 2 heterocycles. The smallest absolute Gasteiger partial charge is 0.261 e. The van der Waals surface area contributed by atoms with E-state index in [1.165, 1.54) is 0 Å². The monoisotopic (exact) mass is 296 g/mol. The van der Waals surface area contributed by atoms with Gasteiger partial charge < -0.3 is 10.3 Å². The first-order chi connectivity index (χ1) is 9.63. The van der Waals surface area contributed by atoms with Crippen LogP contribution in [0.2, 0.25) is 5.02 Å². The first kappa shape index (κ1) is 13.3. The minimum atomic E-state index is -1.53. The molecule has 20 heavy (non-hydrogen) atoms. The van der Waals surface area contributed by atoms with Gasteiger partial charge in [0.15, 0.2) is 6.17 Å². The molecule has 5 nitrogen and oxygen atoms in total. The largest absolute Gasteiger partial charge is 0.324 e. The Morgan fingerprint density at radius 1 is 1.55 bits per heavy atom. The van der Waals surface area contributed by atoms with E-state index in [-0.39, 0.29) is 11.9 Å². The van der Waals surface area contributed by atoms with Gasteiger partial charge in [0.2, 0.25) is 5.95 Å². The molecule has 2 atom stereocenters. The number of aromatic nitrogens is 2. The zero-order valence-electron chi connectivity index (χ0n) is 10.6. The van der Waals surface area contributed by atoms with Crippen molar-refractivity contribution >= 4 is 34.5 Å². The number of nitrogens with zero attached hydrogens (tertiary/aromatic N) is 1.